The molecule has 3 aromatic rings. The van der Waals surface area contributed by atoms with E-state index in [1.165, 1.54) is 6.07 Å². The Balaban J connectivity index is 1.82. The highest BCUT2D eigenvalue weighted by molar-refractivity contribution is 6.30. The van der Waals surface area contributed by atoms with E-state index in [1.807, 2.05) is 24.3 Å². The molecule has 0 aliphatic carbocycles. The molecule has 1 aromatic heterocycles. The molecule has 1 unspecified atom stereocenters. The van der Waals surface area contributed by atoms with E-state index in [4.69, 9.17) is 22.1 Å². The summed E-state index contributed by atoms with van der Waals surface area (Å²) < 4.78 is 18.7. The zero-order chi connectivity index (χ0) is 20.1. The van der Waals surface area contributed by atoms with E-state index in [0.717, 1.165) is 21.9 Å². The number of rotatable bonds is 7. The number of hydrogen-bond donors (Lipinski definition) is 2. The van der Waals surface area contributed by atoms with Crippen molar-refractivity contribution in [3.63, 3.8) is 0 Å². The highest BCUT2D eigenvalue weighted by Crippen LogP contribution is 2.27. The Morgan fingerprint density at radius 3 is 2.71 bits per heavy atom. The Morgan fingerprint density at radius 1 is 1.29 bits per heavy atom. The molecule has 0 aliphatic rings. The largest absolute Gasteiger partial charge is 0.481 e. The third-order valence-corrected chi connectivity index (χ3v) is 4.90. The van der Waals surface area contributed by atoms with E-state index in [2.05, 4.69) is 10.3 Å². The molecule has 7 heteroatoms. The van der Waals surface area contributed by atoms with Crippen LogP contribution in [-0.2, 0) is 12.8 Å². The number of methoxy groups -OCH3 is 1. The molecule has 0 saturated heterocycles. The SMILES string of the molecule is COc1ncc(CC(CCc2ccc(F)c(Cl)c2)NC(N)=O)c2ccccc12. The molecule has 0 fully saturated rings. The van der Waals surface area contributed by atoms with Crippen molar-refractivity contribution in [1.82, 2.24) is 10.3 Å². The van der Waals surface area contributed by atoms with Crippen molar-refractivity contribution in [2.24, 2.45) is 5.73 Å². The number of aryl methyl sites for hydroxylation is 1. The van der Waals surface area contributed by atoms with Crippen LogP contribution in [-0.4, -0.2) is 24.2 Å². The van der Waals surface area contributed by atoms with Gasteiger partial charge in [0.25, 0.3) is 0 Å². The second-order valence-electron chi connectivity index (χ2n) is 6.54. The lowest BCUT2D eigenvalue weighted by Crippen LogP contribution is -2.40. The van der Waals surface area contributed by atoms with E-state index < -0.39 is 11.8 Å². The van der Waals surface area contributed by atoms with Crippen molar-refractivity contribution in [2.75, 3.05) is 7.11 Å². The van der Waals surface area contributed by atoms with Crippen molar-refractivity contribution in [3.8, 4) is 5.88 Å². The second kappa shape index (κ2) is 8.89. The van der Waals surface area contributed by atoms with Gasteiger partial charge in [0.05, 0.1) is 12.1 Å². The Morgan fingerprint density at radius 2 is 2.04 bits per heavy atom. The first-order valence-electron chi connectivity index (χ1n) is 8.88. The maximum Gasteiger partial charge on any atom is 0.312 e. The van der Waals surface area contributed by atoms with Gasteiger partial charge in [0.15, 0.2) is 0 Å². The molecular weight excluding hydrogens is 381 g/mol. The quantitative estimate of drug-likeness (QED) is 0.621. The molecule has 3 N–H and O–H groups in total. The Kier molecular flexibility index (Phi) is 6.31. The summed E-state index contributed by atoms with van der Waals surface area (Å²) in [6.07, 6.45) is 3.54. The summed E-state index contributed by atoms with van der Waals surface area (Å²) in [6.45, 7) is 0. The molecular formula is C21H21ClFN3O2. The lowest BCUT2D eigenvalue weighted by molar-refractivity contribution is 0.244. The van der Waals surface area contributed by atoms with Gasteiger partial charge in [-0.05, 0) is 54.0 Å². The number of pyridine rings is 1. The highest BCUT2D eigenvalue weighted by Gasteiger charge is 2.16. The molecule has 0 aliphatic heterocycles. The number of urea groups is 1. The van der Waals surface area contributed by atoms with Crippen molar-refractivity contribution in [3.05, 3.63) is 70.6 Å². The Bertz CT molecular complexity index is 997. The van der Waals surface area contributed by atoms with Gasteiger partial charge in [-0.2, -0.15) is 0 Å². The molecule has 1 heterocycles. The zero-order valence-electron chi connectivity index (χ0n) is 15.4. The lowest BCUT2D eigenvalue weighted by Gasteiger charge is -2.19. The number of amides is 2. The number of carbonyl (C=O) groups excluding carboxylic acids is 1. The van der Waals surface area contributed by atoms with Crippen molar-refractivity contribution in [1.29, 1.82) is 0 Å². The first kappa shape index (κ1) is 19.9. The van der Waals surface area contributed by atoms with Crippen LogP contribution in [0.5, 0.6) is 5.88 Å². The van der Waals surface area contributed by atoms with Crippen LogP contribution in [0.3, 0.4) is 0 Å². The normalized spacial score (nSPS) is 12.0. The van der Waals surface area contributed by atoms with Crippen LogP contribution in [0.15, 0.2) is 48.7 Å². The van der Waals surface area contributed by atoms with Crippen LogP contribution in [0.4, 0.5) is 9.18 Å². The number of nitrogens with zero attached hydrogens (tertiary/aromatic N) is 1. The number of nitrogens with one attached hydrogen (secondary N) is 1. The van der Waals surface area contributed by atoms with Crippen LogP contribution < -0.4 is 15.8 Å². The number of fused-ring (bicyclic) bond motifs is 1. The Hall–Kier alpha value is -2.86. The molecule has 2 amide bonds. The molecule has 146 valence electrons. The summed E-state index contributed by atoms with van der Waals surface area (Å²) in [5, 5.41) is 4.79. The molecule has 2 aromatic carbocycles. The van der Waals surface area contributed by atoms with Crippen molar-refractivity contribution in [2.45, 2.75) is 25.3 Å². The smallest absolute Gasteiger partial charge is 0.312 e. The highest BCUT2D eigenvalue weighted by atomic mass is 35.5. The number of primary amides is 1. The third kappa shape index (κ3) is 4.70. The van der Waals surface area contributed by atoms with Crippen LogP contribution in [0.25, 0.3) is 10.8 Å². The van der Waals surface area contributed by atoms with Gasteiger partial charge >= 0.3 is 6.03 Å². The number of ether oxygens (including phenoxy) is 1. The summed E-state index contributed by atoms with van der Waals surface area (Å²) in [4.78, 5) is 15.9. The topological polar surface area (TPSA) is 77.2 Å². The van der Waals surface area contributed by atoms with Crippen molar-refractivity contribution < 1.29 is 13.9 Å². The van der Waals surface area contributed by atoms with Crippen LogP contribution in [0.2, 0.25) is 5.02 Å². The fourth-order valence-electron chi connectivity index (χ4n) is 3.28. The van der Waals surface area contributed by atoms with E-state index in [1.54, 1.807) is 25.4 Å². The lowest BCUT2D eigenvalue weighted by atomic mass is 9.97. The van der Waals surface area contributed by atoms with Crippen LogP contribution in [0.1, 0.15) is 17.5 Å². The average molecular weight is 402 g/mol. The first-order valence-corrected chi connectivity index (χ1v) is 9.26. The zero-order valence-corrected chi connectivity index (χ0v) is 16.2. The summed E-state index contributed by atoms with van der Waals surface area (Å²) in [6, 6.07) is 11.6. The number of carbonyl (C=O) groups is 1. The van der Waals surface area contributed by atoms with Gasteiger partial charge in [-0.25, -0.2) is 14.2 Å². The standard InChI is InChI=1S/C21H21ClFN3O2/c1-28-20-17-5-3-2-4-16(17)14(12-25-20)11-15(26-21(24)27)8-6-13-7-9-19(23)18(22)10-13/h2-5,7,9-10,12,15H,6,8,11H2,1H3,(H3,24,26,27). The van der Waals surface area contributed by atoms with E-state index >= 15 is 0 Å². The van der Waals surface area contributed by atoms with E-state index in [-0.39, 0.29) is 11.1 Å². The number of aromatic nitrogens is 1. The minimum absolute atomic E-state index is 0.0854. The van der Waals surface area contributed by atoms with Gasteiger partial charge in [0.1, 0.15) is 5.82 Å². The van der Waals surface area contributed by atoms with Gasteiger partial charge in [0, 0.05) is 17.6 Å². The fraction of sp³-hybridized carbons (Fsp3) is 0.238. The molecule has 0 saturated carbocycles. The molecule has 5 nitrogen and oxygen atoms in total. The van der Waals surface area contributed by atoms with Gasteiger partial charge in [-0.1, -0.05) is 35.9 Å². The first-order chi connectivity index (χ1) is 13.5. The summed E-state index contributed by atoms with van der Waals surface area (Å²) >= 11 is 5.85. The minimum Gasteiger partial charge on any atom is -0.481 e. The summed E-state index contributed by atoms with van der Waals surface area (Å²) in [5.74, 6) is 0.104. The minimum atomic E-state index is -0.590. The predicted octanol–water partition coefficient (Wildman–Crippen LogP) is 4.25. The molecule has 28 heavy (non-hydrogen) atoms. The third-order valence-electron chi connectivity index (χ3n) is 4.61. The predicted molar refractivity (Wildman–Crippen MR) is 108 cm³/mol. The number of benzene rings is 2. The monoisotopic (exact) mass is 401 g/mol. The number of nitrogens with two attached hydrogens (primary N) is 1. The van der Waals surface area contributed by atoms with Gasteiger partial charge in [0.2, 0.25) is 5.88 Å². The number of halogens is 2. The van der Waals surface area contributed by atoms with E-state index in [0.29, 0.717) is 25.1 Å². The van der Waals surface area contributed by atoms with Crippen LogP contribution in [0, 0.1) is 5.82 Å². The van der Waals surface area contributed by atoms with Gasteiger partial charge < -0.3 is 15.8 Å². The summed E-state index contributed by atoms with van der Waals surface area (Å²) in [7, 11) is 1.58. The van der Waals surface area contributed by atoms with Gasteiger partial charge in [-0.15, -0.1) is 0 Å². The maximum absolute atomic E-state index is 13.3. The molecule has 0 bridgehead atoms. The average Bonchev–Trinajstić information content (AvgIpc) is 2.68. The van der Waals surface area contributed by atoms with Crippen molar-refractivity contribution >= 4 is 28.4 Å². The molecule has 0 radical (unpaired) electrons. The van der Waals surface area contributed by atoms with Crippen LogP contribution >= 0.6 is 11.6 Å². The molecule has 0 spiro atoms. The Labute approximate surface area is 167 Å². The molecule has 1 atom stereocenters. The van der Waals surface area contributed by atoms with Gasteiger partial charge in [-0.3, -0.25) is 0 Å². The second-order valence-corrected chi connectivity index (χ2v) is 6.94. The fourth-order valence-corrected chi connectivity index (χ4v) is 3.48. The summed E-state index contributed by atoms with van der Waals surface area (Å²) in [5.41, 5.74) is 7.23. The maximum atomic E-state index is 13.3. The molecule has 3 rings (SSSR count). The van der Waals surface area contributed by atoms with E-state index in [9.17, 15) is 9.18 Å². The number of hydrogen-bond acceptors (Lipinski definition) is 3.